The Kier molecular flexibility index (Phi) is 4.08. The van der Waals surface area contributed by atoms with E-state index in [-0.39, 0.29) is 11.4 Å². The first-order valence-corrected chi connectivity index (χ1v) is 8.14. The highest BCUT2D eigenvalue weighted by molar-refractivity contribution is 7.98. The van der Waals surface area contributed by atoms with Gasteiger partial charge < -0.3 is 10.3 Å². The molecule has 0 aliphatic heterocycles. The van der Waals surface area contributed by atoms with E-state index >= 15 is 0 Å². The highest BCUT2D eigenvalue weighted by atomic mass is 32.2. The lowest BCUT2D eigenvalue weighted by molar-refractivity contribution is 0.391. The second-order valence-electron chi connectivity index (χ2n) is 6.13. The summed E-state index contributed by atoms with van der Waals surface area (Å²) in [6, 6.07) is 8.21. The van der Waals surface area contributed by atoms with Gasteiger partial charge in [0.25, 0.3) is 0 Å². The van der Waals surface area contributed by atoms with Crippen LogP contribution in [0.3, 0.4) is 0 Å². The summed E-state index contributed by atoms with van der Waals surface area (Å²) in [5, 5.41) is 11.1. The van der Waals surface area contributed by atoms with Crippen molar-refractivity contribution in [3.63, 3.8) is 0 Å². The number of thioether (sulfide) groups is 1. The Labute approximate surface area is 138 Å². The standard InChI is InChI=1S/C15H18N6OS/c1-15(2,3)10-6-4-9(5-7-10)12-17-11(22-21-12)8-23-14-18-13(16)19-20-14/h4-7H,8H2,1-3H3,(H3,16,18,19,20). The van der Waals surface area contributed by atoms with Gasteiger partial charge in [-0.1, -0.05) is 62.0 Å². The summed E-state index contributed by atoms with van der Waals surface area (Å²) in [6.07, 6.45) is 0. The van der Waals surface area contributed by atoms with Crippen molar-refractivity contribution >= 4 is 17.7 Å². The van der Waals surface area contributed by atoms with Crippen molar-refractivity contribution in [1.29, 1.82) is 0 Å². The molecule has 0 aliphatic carbocycles. The van der Waals surface area contributed by atoms with Crippen LogP contribution < -0.4 is 5.73 Å². The van der Waals surface area contributed by atoms with Crippen LogP contribution in [-0.4, -0.2) is 25.3 Å². The van der Waals surface area contributed by atoms with Crippen molar-refractivity contribution in [2.24, 2.45) is 0 Å². The van der Waals surface area contributed by atoms with Gasteiger partial charge in [-0.3, -0.25) is 0 Å². The fraction of sp³-hybridized carbons (Fsp3) is 0.333. The van der Waals surface area contributed by atoms with Crippen LogP contribution in [0.1, 0.15) is 32.2 Å². The lowest BCUT2D eigenvalue weighted by atomic mass is 9.87. The van der Waals surface area contributed by atoms with Gasteiger partial charge in [-0.15, -0.1) is 5.10 Å². The molecule has 0 aliphatic rings. The maximum Gasteiger partial charge on any atom is 0.237 e. The van der Waals surface area contributed by atoms with Crippen LogP contribution >= 0.6 is 11.8 Å². The van der Waals surface area contributed by atoms with Crippen LogP contribution in [-0.2, 0) is 11.2 Å². The molecule has 1 aromatic carbocycles. The fourth-order valence-electron chi connectivity index (χ4n) is 2.00. The minimum atomic E-state index is 0.121. The Hall–Kier alpha value is -2.35. The number of aromatic amines is 1. The Bertz CT molecular complexity index is 787. The third kappa shape index (κ3) is 3.70. The van der Waals surface area contributed by atoms with Crippen molar-refractivity contribution in [3.8, 4) is 11.4 Å². The molecule has 2 heterocycles. The number of nitrogens with zero attached hydrogens (tertiary/aromatic N) is 4. The molecule has 3 rings (SSSR count). The quantitative estimate of drug-likeness (QED) is 0.708. The molecule has 0 atom stereocenters. The minimum Gasteiger partial charge on any atom is -0.368 e. The van der Waals surface area contributed by atoms with Crippen LogP contribution in [0.2, 0.25) is 0 Å². The maximum atomic E-state index is 5.48. The molecule has 0 saturated heterocycles. The van der Waals surface area contributed by atoms with E-state index in [1.165, 1.54) is 17.3 Å². The predicted molar refractivity (Wildman–Crippen MR) is 88.8 cm³/mol. The predicted octanol–water partition coefficient (Wildman–Crippen LogP) is 3.03. The lowest BCUT2D eigenvalue weighted by Crippen LogP contribution is -2.10. The molecule has 120 valence electrons. The van der Waals surface area contributed by atoms with Gasteiger partial charge in [-0.05, 0) is 11.0 Å². The van der Waals surface area contributed by atoms with Crippen molar-refractivity contribution in [1.82, 2.24) is 25.3 Å². The monoisotopic (exact) mass is 330 g/mol. The molecular formula is C15H18N6OS. The number of benzene rings is 1. The summed E-state index contributed by atoms with van der Waals surface area (Å²) in [4.78, 5) is 8.41. The van der Waals surface area contributed by atoms with Gasteiger partial charge in [0, 0.05) is 5.56 Å². The number of H-pyrrole nitrogens is 1. The zero-order chi connectivity index (χ0) is 16.4. The van der Waals surface area contributed by atoms with E-state index < -0.39 is 0 Å². The zero-order valence-corrected chi connectivity index (χ0v) is 14.0. The van der Waals surface area contributed by atoms with Gasteiger partial charge in [0.15, 0.2) is 0 Å². The summed E-state index contributed by atoms with van der Waals surface area (Å²) >= 11 is 1.38. The summed E-state index contributed by atoms with van der Waals surface area (Å²) < 4.78 is 5.27. The average molecular weight is 330 g/mol. The SMILES string of the molecule is CC(C)(C)c1ccc(-c2noc(CSc3n[nH]c(N)n3)n2)cc1. The molecule has 23 heavy (non-hydrogen) atoms. The number of hydrogen-bond donors (Lipinski definition) is 2. The Morgan fingerprint density at radius 3 is 2.52 bits per heavy atom. The first-order chi connectivity index (χ1) is 10.9. The van der Waals surface area contributed by atoms with E-state index in [4.69, 9.17) is 10.3 Å². The van der Waals surface area contributed by atoms with Gasteiger partial charge >= 0.3 is 0 Å². The molecule has 7 nitrogen and oxygen atoms in total. The molecule has 0 radical (unpaired) electrons. The highest BCUT2D eigenvalue weighted by Crippen LogP contribution is 2.25. The fourth-order valence-corrected chi connectivity index (χ4v) is 2.64. The number of aromatic nitrogens is 5. The highest BCUT2D eigenvalue weighted by Gasteiger charge is 2.15. The van der Waals surface area contributed by atoms with Crippen LogP contribution in [0.4, 0.5) is 5.95 Å². The van der Waals surface area contributed by atoms with Crippen LogP contribution in [0.5, 0.6) is 0 Å². The Morgan fingerprint density at radius 2 is 1.91 bits per heavy atom. The van der Waals surface area contributed by atoms with Crippen molar-refractivity contribution in [3.05, 3.63) is 35.7 Å². The number of hydrogen-bond acceptors (Lipinski definition) is 7. The minimum absolute atomic E-state index is 0.121. The van der Waals surface area contributed by atoms with E-state index in [0.29, 0.717) is 22.6 Å². The topological polar surface area (TPSA) is 107 Å². The largest absolute Gasteiger partial charge is 0.368 e. The third-order valence-corrected chi connectivity index (χ3v) is 4.12. The molecule has 8 heteroatoms. The zero-order valence-electron chi connectivity index (χ0n) is 13.2. The van der Waals surface area contributed by atoms with Gasteiger partial charge in [0.1, 0.15) is 0 Å². The summed E-state index contributed by atoms with van der Waals surface area (Å²) in [5.74, 6) is 1.88. The molecule has 0 amide bonds. The number of nitrogens with two attached hydrogens (primary N) is 1. The lowest BCUT2D eigenvalue weighted by Gasteiger charge is -2.18. The Morgan fingerprint density at radius 1 is 1.17 bits per heavy atom. The van der Waals surface area contributed by atoms with Crippen LogP contribution in [0.15, 0.2) is 33.9 Å². The number of anilines is 1. The van der Waals surface area contributed by atoms with Gasteiger partial charge in [0.2, 0.25) is 22.8 Å². The molecule has 0 saturated carbocycles. The first-order valence-electron chi connectivity index (χ1n) is 7.16. The molecule has 3 N–H and O–H groups in total. The third-order valence-electron chi connectivity index (χ3n) is 3.28. The molecule has 0 spiro atoms. The molecule has 3 aromatic rings. The smallest absolute Gasteiger partial charge is 0.237 e. The molecule has 0 unspecified atom stereocenters. The second-order valence-corrected chi connectivity index (χ2v) is 7.07. The van der Waals surface area contributed by atoms with Gasteiger partial charge in [-0.2, -0.15) is 9.97 Å². The van der Waals surface area contributed by atoms with Gasteiger partial charge in [0.05, 0.1) is 5.75 Å². The maximum absolute atomic E-state index is 5.48. The normalized spacial score (nSPS) is 11.8. The van der Waals surface area contributed by atoms with E-state index in [2.05, 4.69) is 58.2 Å². The van der Waals surface area contributed by atoms with E-state index in [9.17, 15) is 0 Å². The number of rotatable bonds is 4. The first kappa shape index (κ1) is 15.5. The molecular weight excluding hydrogens is 312 g/mol. The van der Waals surface area contributed by atoms with Crippen molar-refractivity contribution in [2.45, 2.75) is 37.1 Å². The average Bonchev–Trinajstić information content (AvgIpc) is 3.13. The van der Waals surface area contributed by atoms with E-state index in [0.717, 1.165) is 5.56 Å². The van der Waals surface area contributed by atoms with E-state index in [1.54, 1.807) is 0 Å². The van der Waals surface area contributed by atoms with Crippen LogP contribution in [0, 0.1) is 0 Å². The number of nitrogen functional groups attached to an aromatic ring is 1. The van der Waals surface area contributed by atoms with Crippen LogP contribution in [0.25, 0.3) is 11.4 Å². The summed E-state index contributed by atoms with van der Waals surface area (Å²) in [6.45, 7) is 6.55. The Balaban J connectivity index is 1.69. The second kappa shape index (κ2) is 6.04. The van der Waals surface area contributed by atoms with Crippen molar-refractivity contribution < 1.29 is 4.52 Å². The molecule has 0 fully saturated rings. The van der Waals surface area contributed by atoms with E-state index in [1.807, 2.05) is 12.1 Å². The van der Waals surface area contributed by atoms with Crippen molar-refractivity contribution in [2.75, 3.05) is 5.73 Å². The molecule has 0 bridgehead atoms. The number of nitrogens with one attached hydrogen (secondary N) is 1. The summed E-state index contributed by atoms with van der Waals surface area (Å²) in [7, 11) is 0. The molecule has 2 aromatic heterocycles. The van der Waals surface area contributed by atoms with Gasteiger partial charge in [-0.25, -0.2) is 5.10 Å². The summed E-state index contributed by atoms with van der Waals surface area (Å²) in [5.41, 5.74) is 7.79.